The quantitative estimate of drug-likeness (QED) is 0.335. The summed E-state index contributed by atoms with van der Waals surface area (Å²) in [5.74, 6) is 0.506. The zero-order valence-electron chi connectivity index (χ0n) is 16.3. The van der Waals surface area contributed by atoms with Crippen LogP contribution in [0, 0.1) is 12.7 Å². The SMILES string of the molecule is CN=C(NCCc1ccc(F)cc1C)NCc1ccc(CS(C)(=O)=O)cc1.I. The summed E-state index contributed by atoms with van der Waals surface area (Å²) in [5, 5.41) is 6.46. The fraction of sp³-hybridized carbons (Fsp3) is 0.350. The van der Waals surface area contributed by atoms with Gasteiger partial charge in [0.2, 0.25) is 0 Å². The second kappa shape index (κ2) is 11.4. The molecular formula is C20H27FIN3O2S. The van der Waals surface area contributed by atoms with Crippen LogP contribution in [0.5, 0.6) is 0 Å². The standard InChI is InChI=1S/C20H26FN3O2S.HI/c1-15-12-19(21)9-8-18(15)10-11-23-20(22-2)24-13-16-4-6-17(7-5-16)14-27(3,25)26;/h4-9,12H,10-11,13-14H2,1-3H3,(H2,22,23,24);1H. The molecule has 0 heterocycles. The molecule has 28 heavy (non-hydrogen) atoms. The number of nitrogens with one attached hydrogen (secondary N) is 2. The number of aryl methyl sites for hydroxylation is 1. The summed E-state index contributed by atoms with van der Waals surface area (Å²) in [7, 11) is -1.32. The normalized spacial score (nSPS) is 11.6. The fourth-order valence-corrected chi connectivity index (χ4v) is 3.52. The summed E-state index contributed by atoms with van der Waals surface area (Å²) in [6, 6.07) is 12.3. The van der Waals surface area contributed by atoms with Crippen LogP contribution in [0.1, 0.15) is 22.3 Å². The largest absolute Gasteiger partial charge is 0.356 e. The molecule has 0 aliphatic heterocycles. The average molecular weight is 519 g/mol. The van der Waals surface area contributed by atoms with Gasteiger partial charge in [-0.2, -0.15) is 0 Å². The van der Waals surface area contributed by atoms with E-state index in [1.807, 2.05) is 31.2 Å². The smallest absolute Gasteiger partial charge is 0.191 e. The zero-order chi connectivity index (χ0) is 19.9. The Kier molecular flexibility index (Phi) is 9.88. The Balaban J connectivity index is 0.00000392. The molecule has 0 unspecified atom stereocenters. The molecular weight excluding hydrogens is 492 g/mol. The maximum absolute atomic E-state index is 13.1. The first-order valence-corrected chi connectivity index (χ1v) is 10.8. The summed E-state index contributed by atoms with van der Waals surface area (Å²) >= 11 is 0. The van der Waals surface area contributed by atoms with Gasteiger partial charge in [-0.1, -0.05) is 30.3 Å². The number of guanidine groups is 1. The van der Waals surface area contributed by atoms with Crippen molar-refractivity contribution in [2.75, 3.05) is 19.8 Å². The highest BCUT2D eigenvalue weighted by Gasteiger charge is 2.05. The van der Waals surface area contributed by atoms with Gasteiger partial charge in [-0.15, -0.1) is 24.0 Å². The Labute approximate surface area is 183 Å². The van der Waals surface area contributed by atoms with Crippen molar-refractivity contribution in [2.24, 2.45) is 4.99 Å². The molecule has 0 amide bonds. The van der Waals surface area contributed by atoms with E-state index in [0.717, 1.165) is 28.7 Å². The van der Waals surface area contributed by atoms with Crippen molar-refractivity contribution < 1.29 is 12.8 Å². The second-order valence-corrected chi connectivity index (χ2v) is 8.70. The van der Waals surface area contributed by atoms with Crippen molar-refractivity contribution in [2.45, 2.75) is 25.6 Å². The van der Waals surface area contributed by atoms with Crippen LogP contribution in [-0.4, -0.2) is 34.2 Å². The summed E-state index contributed by atoms with van der Waals surface area (Å²) in [4.78, 5) is 4.19. The van der Waals surface area contributed by atoms with E-state index in [1.54, 1.807) is 13.1 Å². The minimum absolute atomic E-state index is 0. The minimum Gasteiger partial charge on any atom is -0.356 e. The van der Waals surface area contributed by atoms with Crippen LogP contribution in [0.4, 0.5) is 4.39 Å². The number of benzene rings is 2. The molecule has 0 aliphatic rings. The molecule has 0 saturated heterocycles. The third-order valence-electron chi connectivity index (χ3n) is 4.13. The van der Waals surface area contributed by atoms with E-state index in [9.17, 15) is 12.8 Å². The van der Waals surface area contributed by atoms with Gasteiger partial charge < -0.3 is 10.6 Å². The van der Waals surface area contributed by atoms with Gasteiger partial charge in [0.1, 0.15) is 5.82 Å². The summed E-state index contributed by atoms with van der Waals surface area (Å²) < 4.78 is 35.8. The lowest BCUT2D eigenvalue weighted by Crippen LogP contribution is -2.37. The van der Waals surface area contributed by atoms with Gasteiger partial charge in [0, 0.05) is 26.4 Å². The highest BCUT2D eigenvalue weighted by molar-refractivity contribution is 14.0. The van der Waals surface area contributed by atoms with Gasteiger partial charge in [0.25, 0.3) is 0 Å². The number of halogens is 2. The maximum Gasteiger partial charge on any atom is 0.191 e. The zero-order valence-corrected chi connectivity index (χ0v) is 19.5. The molecule has 0 bridgehead atoms. The second-order valence-electron chi connectivity index (χ2n) is 6.56. The Morgan fingerprint density at radius 1 is 1.07 bits per heavy atom. The molecule has 2 aromatic rings. The van der Waals surface area contributed by atoms with Crippen LogP contribution in [0.25, 0.3) is 0 Å². The number of aliphatic imine (C=N–C) groups is 1. The first kappa shape index (κ1) is 24.4. The van der Waals surface area contributed by atoms with Gasteiger partial charge in [0.15, 0.2) is 15.8 Å². The van der Waals surface area contributed by atoms with Gasteiger partial charge in [-0.05, 0) is 47.7 Å². The van der Waals surface area contributed by atoms with Crippen molar-refractivity contribution in [3.05, 3.63) is 70.5 Å². The fourth-order valence-electron chi connectivity index (χ4n) is 2.72. The lowest BCUT2D eigenvalue weighted by molar-refractivity contribution is 0.601. The van der Waals surface area contributed by atoms with Crippen LogP contribution in [0.15, 0.2) is 47.5 Å². The Morgan fingerprint density at radius 3 is 2.29 bits per heavy atom. The average Bonchev–Trinajstić information content (AvgIpc) is 2.59. The monoisotopic (exact) mass is 519 g/mol. The lowest BCUT2D eigenvalue weighted by atomic mass is 10.1. The molecule has 5 nitrogen and oxygen atoms in total. The number of hydrogen-bond donors (Lipinski definition) is 2. The van der Waals surface area contributed by atoms with E-state index < -0.39 is 9.84 Å². The van der Waals surface area contributed by atoms with Gasteiger partial charge in [-0.3, -0.25) is 4.99 Å². The molecule has 0 spiro atoms. The summed E-state index contributed by atoms with van der Waals surface area (Å²) in [6.07, 6.45) is 2.00. The van der Waals surface area contributed by atoms with E-state index in [0.29, 0.717) is 19.0 Å². The van der Waals surface area contributed by atoms with E-state index >= 15 is 0 Å². The highest BCUT2D eigenvalue weighted by Crippen LogP contribution is 2.10. The van der Waals surface area contributed by atoms with Gasteiger partial charge >= 0.3 is 0 Å². The lowest BCUT2D eigenvalue weighted by Gasteiger charge is -2.13. The molecule has 0 aliphatic carbocycles. The van der Waals surface area contributed by atoms with Gasteiger partial charge in [0.05, 0.1) is 5.75 Å². The number of rotatable bonds is 7. The van der Waals surface area contributed by atoms with E-state index in [1.165, 1.54) is 18.4 Å². The molecule has 2 rings (SSSR count). The molecule has 2 aromatic carbocycles. The molecule has 154 valence electrons. The van der Waals surface area contributed by atoms with Gasteiger partial charge in [-0.25, -0.2) is 12.8 Å². The van der Waals surface area contributed by atoms with Crippen molar-refractivity contribution in [3.8, 4) is 0 Å². The van der Waals surface area contributed by atoms with Crippen LogP contribution < -0.4 is 10.6 Å². The molecule has 0 radical (unpaired) electrons. The van der Waals surface area contributed by atoms with E-state index in [-0.39, 0.29) is 35.5 Å². The molecule has 0 saturated carbocycles. The predicted octanol–water partition coefficient (Wildman–Crippen LogP) is 3.20. The molecule has 0 fully saturated rings. The third kappa shape index (κ3) is 8.55. The van der Waals surface area contributed by atoms with Crippen molar-refractivity contribution in [1.82, 2.24) is 10.6 Å². The third-order valence-corrected chi connectivity index (χ3v) is 4.98. The Hall–Kier alpha value is -1.68. The topological polar surface area (TPSA) is 70.6 Å². The number of nitrogens with zero attached hydrogens (tertiary/aromatic N) is 1. The molecule has 8 heteroatoms. The summed E-state index contributed by atoms with van der Waals surface area (Å²) in [6.45, 7) is 3.16. The highest BCUT2D eigenvalue weighted by atomic mass is 127. The van der Waals surface area contributed by atoms with Crippen molar-refractivity contribution in [3.63, 3.8) is 0 Å². The molecule has 0 aromatic heterocycles. The number of sulfone groups is 1. The van der Waals surface area contributed by atoms with E-state index in [4.69, 9.17) is 0 Å². The molecule has 0 atom stereocenters. The van der Waals surface area contributed by atoms with E-state index in [2.05, 4.69) is 15.6 Å². The Bertz CT molecular complexity index is 900. The maximum atomic E-state index is 13.1. The predicted molar refractivity (Wildman–Crippen MR) is 123 cm³/mol. The number of hydrogen-bond acceptors (Lipinski definition) is 3. The first-order chi connectivity index (χ1) is 12.8. The minimum atomic E-state index is -3.02. The van der Waals surface area contributed by atoms with Crippen LogP contribution in [0.2, 0.25) is 0 Å². The summed E-state index contributed by atoms with van der Waals surface area (Å²) in [5.41, 5.74) is 3.85. The van der Waals surface area contributed by atoms with Crippen LogP contribution in [-0.2, 0) is 28.6 Å². The van der Waals surface area contributed by atoms with Crippen LogP contribution >= 0.6 is 24.0 Å². The Morgan fingerprint density at radius 2 is 1.71 bits per heavy atom. The first-order valence-electron chi connectivity index (χ1n) is 8.72. The van der Waals surface area contributed by atoms with Crippen molar-refractivity contribution >= 4 is 39.8 Å². The van der Waals surface area contributed by atoms with Crippen molar-refractivity contribution in [1.29, 1.82) is 0 Å². The van der Waals surface area contributed by atoms with Crippen LogP contribution in [0.3, 0.4) is 0 Å². The molecule has 2 N–H and O–H groups in total.